The van der Waals surface area contributed by atoms with Gasteiger partial charge in [-0.2, -0.15) is 0 Å². The van der Waals surface area contributed by atoms with E-state index in [1.807, 2.05) is 0 Å². The molecule has 0 aromatic carbocycles. The highest BCUT2D eigenvalue weighted by Gasteiger charge is 2.60. The Hall–Kier alpha value is -0.570. The Labute approximate surface area is 105 Å². The minimum absolute atomic E-state index is 0.0614. The molecule has 2 N–H and O–H groups in total. The first-order chi connectivity index (χ1) is 7.88. The van der Waals surface area contributed by atoms with Gasteiger partial charge in [-0.05, 0) is 36.0 Å². The van der Waals surface area contributed by atoms with Crippen molar-refractivity contribution in [1.29, 1.82) is 0 Å². The summed E-state index contributed by atoms with van der Waals surface area (Å²) in [7, 11) is 0. The van der Waals surface area contributed by atoms with Crippen molar-refractivity contribution in [3.05, 3.63) is 0 Å². The molecule has 0 radical (unpaired) electrons. The molecule has 2 aliphatic rings. The van der Waals surface area contributed by atoms with Crippen molar-refractivity contribution in [3.63, 3.8) is 0 Å². The summed E-state index contributed by atoms with van der Waals surface area (Å²) in [4.78, 5) is 10.8. The van der Waals surface area contributed by atoms with Crippen LogP contribution >= 0.6 is 0 Å². The van der Waals surface area contributed by atoms with Gasteiger partial charge in [0.05, 0.1) is 0 Å². The van der Waals surface area contributed by atoms with Crippen LogP contribution in [0.3, 0.4) is 0 Å². The molecule has 0 aliphatic heterocycles. The Morgan fingerprint density at radius 3 is 2.47 bits per heavy atom. The normalized spacial score (nSPS) is 38.4. The lowest BCUT2D eigenvalue weighted by Gasteiger charge is -2.39. The van der Waals surface area contributed by atoms with Crippen molar-refractivity contribution >= 4 is 5.91 Å². The Balaban J connectivity index is 1.86. The highest BCUT2D eigenvalue weighted by atomic mass is 16.1. The van der Waals surface area contributed by atoms with E-state index < -0.39 is 0 Å². The molecule has 3 unspecified atom stereocenters. The lowest BCUT2D eigenvalue weighted by molar-refractivity contribution is -0.118. The van der Waals surface area contributed by atoms with Crippen LogP contribution in [0.1, 0.15) is 47.0 Å². The van der Waals surface area contributed by atoms with Crippen LogP contribution < -0.4 is 10.6 Å². The van der Waals surface area contributed by atoms with Gasteiger partial charge in [0.2, 0.25) is 5.91 Å². The second-order valence-corrected chi connectivity index (χ2v) is 6.60. The van der Waals surface area contributed by atoms with Gasteiger partial charge in [0.1, 0.15) is 0 Å². The molecule has 3 nitrogen and oxygen atoms in total. The van der Waals surface area contributed by atoms with Gasteiger partial charge in [-0.1, -0.05) is 20.8 Å². The quantitative estimate of drug-likeness (QED) is 0.735. The maximum Gasteiger partial charge on any atom is 0.216 e. The molecule has 17 heavy (non-hydrogen) atoms. The summed E-state index contributed by atoms with van der Waals surface area (Å²) in [6.45, 7) is 10.5. The molecule has 3 atom stereocenters. The third kappa shape index (κ3) is 1.99. The first kappa shape index (κ1) is 12.9. The SMILES string of the molecule is CC(=O)NCCNC1CC2CCC1(C)C2(C)C. The number of nitrogens with one attached hydrogen (secondary N) is 2. The fraction of sp³-hybridized carbons (Fsp3) is 0.929. The predicted molar refractivity (Wildman–Crippen MR) is 69.7 cm³/mol. The molecule has 98 valence electrons. The van der Waals surface area contributed by atoms with E-state index in [2.05, 4.69) is 31.4 Å². The smallest absolute Gasteiger partial charge is 0.216 e. The number of hydrogen-bond donors (Lipinski definition) is 2. The molecule has 0 heterocycles. The van der Waals surface area contributed by atoms with Gasteiger partial charge in [-0.3, -0.25) is 4.79 Å². The van der Waals surface area contributed by atoms with E-state index in [9.17, 15) is 4.79 Å². The molecule has 1 amide bonds. The van der Waals surface area contributed by atoms with Gasteiger partial charge in [-0.25, -0.2) is 0 Å². The van der Waals surface area contributed by atoms with Crippen molar-refractivity contribution in [3.8, 4) is 0 Å². The van der Waals surface area contributed by atoms with Crippen molar-refractivity contribution in [1.82, 2.24) is 10.6 Å². The molecule has 0 saturated heterocycles. The fourth-order valence-electron chi connectivity index (χ4n) is 4.00. The zero-order chi connectivity index (χ0) is 12.7. The van der Waals surface area contributed by atoms with Crippen molar-refractivity contribution in [2.45, 2.75) is 53.0 Å². The minimum atomic E-state index is 0.0614. The number of amides is 1. The Morgan fingerprint density at radius 1 is 1.29 bits per heavy atom. The Kier molecular flexibility index (Phi) is 3.23. The van der Waals surface area contributed by atoms with E-state index >= 15 is 0 Å². The molecule has 0 spiro atoms. The maximum absolute atomic E-state index is 10.8. The molecule has 2 rings (SSSR count). The van der Waals surface area contributed by atoms with Gasteiger partial charge in [0.25, 0.3) is 0 Å². The van der Waals surface area contributed by atoms with Crippen LogP contribution in [0, 0.1) is 16.7 Å². The predicted octanol–water partition coefficient (Wildman–Crippen LogP) is 1.93. The minimum Gasteiger partial charge on any atom is -0.355 e. The van der Waals surface area contributed by atoms with E-state index in [1.54, 1.807) is 6.92 Å². The molecule has 2 bridgehead atoms. The molecule has 3 heteroatoms. The van der Waals surface area contributed by atoms with Crippen LogP contribution in [0.25, 0.3) is 0 Å². The monoisotopic (exact) mass is 238 g/mol. The lowest BCUT2D eigenvalue weighted by Crippen LogP contribution is -2.46. The summed E-state index contributed by atoms with van der Waals surface area (Å²) < 4.78 is 0. The Morgan fingerprint density at radius 2 is 2.00 bits per heavy atom. The van der Waals surface area contributed by atoms with Gasteiger partial charge >= 0.3 is 0 Å². The molecular weight excluding hydrogens is 212 g/mol. The third-order valence-corrected chi connectivity index (χ3v) is 5.68. The third-order valence-electron chi connectivity index (χ3n) is 5.68. The molecular formula is C14H26N2O. The molecule has 0 aromatic rings. The second-order valence-electron chi connectivity index (χ2n) is 6.60. The molecule has 0 aromatic heterocycles. The highest BCUT2D eigenvalue weighted by molar-refractivity contribution is 5.72. The standard InChI is InChI=1S/C14H26N2O/c1-10(17)15-7-8-16-12-9-11-5-6-14(12,4)13(11,2)3/h11-12,16H,5-9H2,1-4H3,(H,15,17). The number of carbonyl (C=O) groups excluding carboxylic acids is 1. The van der Waals surface area contributed by atoms with Crippen molar-refractivity contribution < 1.29 is 4.79 Å². The molecule has 2 saturated carbocycles. The van der Waals surface area contributed by atoms with Crippen LogP contribution in [0.5, 0.6) is 0 Å². The largest absolute Gasteiger partial charge is 0.355 e. The molecule has 2 aliphatic carbocycles. The number of rotatable bonds is 4. The zero-order valence-corrected chi connectivity index (χ0v) is 11.6. The van der Waals surface area contributed by atoms with E-state index in [0.29, 0.717) is 16.9 Å². The summed E-state index contributed by atoms with van der Waals surface area (Å²) in [6.07, 6.45) is 4.05. The number of carbonyl (C=O) groups is 1. The Bertz CT molecular complexity index is 313. The average molecular weight is 238 g/mol. The topological polar surface area (TPSA) is 41.1 Å². The first-order valence-electron chi connectivity index (χ1n) is 6.86. The average Bonchev–Trinajstić information content (AvgIpc) is 2.56. The number of fused-ring (bicyclic) bond motifs is 2. The van der Waals surface area contributed by atoms with Crippen LogP contribution in [-0.2, 0) is 4.79 Å². The second kappa shape index (κ2) is 4.27. The van der Waals surface area contributed by atoms with Gasteiger partial charge in [-0.15, -0.1) is 0 Å². The van der Waals surface area contributed by atoms with E-state index in [0.717, 1.165) is 19.0 Å². The van der Waals surface area contributed by atoms with Gasteiger partial charge < -0.3 is 10.6 Å². The summed E-state index contributed by atoms with van der Waals surface area (Å²) in [6, 6.07) is 0.630. The summed E-state index contributed by atoms with van der Waals surface area (Å²) >= 11 is 0. The van der Waals surface area contributed by atoms with E-state index in [1.165, 1.54) is 19.3 Å². The summed E-state index contributed by atoms with van der Waals surface area (Å²) in [5.74, 6) is 0.942. The van der Waals surface area contributed by atoms with Crippen LogP contribution in [0.2, 0.25) is 0 Å². The lowest BCUT2D eigenvalue weighted by atomic mass is 9.69. The fourth-order valence-corrected chi connectivity index (χ4v) is 4.00. The van der Waals surface area contributed by atoms with Gasteiger partial charge in [0, 0.05) is 26.1 Å². The van der Waals surface area contributed by atoms with Crippen LogP contribution in [0.15, 0.2) is 0 Å². The van der Waals surface area contributed by atoms with Crippen LogP contribution in [-0.4, -0.2) is 25.0 Å². The highest BCUT2D eigenvalue weighted by Crippen LogP contribution is 2.65. The van der Waals surface area contributed by atoms with Crippen molar-refractivity contribution in [2.24, 2.45) is 16.7 Å². The van der Waals surface area contributed by atoms with Gasteiger partial charge in [0.15, 0.2) is 0 Å². The molecule has 2 fully saturated rings. The zero-order valence-electron chi connectivity index (χ0n) is 11.6. The first-order valence-corrected chi connectivity index (χ1v) is 6.86. The van der Waals surface area contributed by atoms with E-state index in [4.69, 9.17) is 0 Å². The summed E-state index contributed by atoms with van der Waals surface area (Å²) in [5.41, 5.74) is 0.909. The summed E-state index contributed by atoms with van der Waals surface area (Å²) in [5, 5.41) is 6.50. The number of hydrogen-bond acceptors (Lipinski definition) is 2. The van der Waals surface area contributed by atoms with Crippen LogP contribution in [0.4, 0.5) is 0 Å². The van der Waals surface area contributed by atoms with E-state index in [-0.39, 0.29) is 5.91 Å². The maximum atomic E-state index is 10.8. The van der Waals surface area contributed by atoms with Crippen molar-refractivity contribution in [2.75, 3.05) is 13.1 Å².